The summed E-state index contributed by atoms with van der Waals surface area (Å²) < 4.78 is 0. The van der Waals surface area contributed by atoms with Crippen molar-refractivity contribution in [3.63, 3.8) is 0 Å². The topological polar surface area (TPSA) is 29.3 Å². The number of nitrogens with two attached hydrogens (primary N) is 1. The lowest BCUT2D eigenvalue weighted by Gasteiger charge is -2.38. The molecule has 3 heteroatoms. The van der Waals surface area contributed by atoms with E-state index in [4.69, 9.17) is 17.3 Å². The van der Waals surface area contributed by atoms with E-state index in [1.807, 2.05) is 18.2 Å². The number of likely N-dealkylation sites (tertiary alicyclic amines) is 1. The van der Waals surface area contributed by atoms with Crippen LogP contribution in [0.25, 0.3) is 0 Å². The third kappa shape index (κ3) is 2.49. The van der Waals surface area contributed by atoms with Crippen LogP contribution in [0.4, 0.5) is 0 Å². The summed E-state index contributed by atoms with van der Waals surface area (Å²) in [4.78, 5) is 2.49. The largest absolute Gasteiger partial charge is 0.329 e. The molecule has 2 nitrogen and oxygen atoms in total. The van der Waals surface area contributed by atoms with Gasteiger partial charge < -0.3 is 5.73 Å². The SMILES string of the molecule is CC1(C)CCCN1C(CN)c1ccccc1Cl. The lowest BCUT2D eigenvalue weighted by molar-refractivity contribution is 0.119. The highest BCUT2D eigenvalue weighted by molar-refractivity contribution is 6.31. The molecule has 0 saturated carbocycles. The third-order valence-corrected chi connectivity index (χ3v) is 4.17. The van der Waals surface area contributed by atoms with Crippen molar-refractivity contribution < 1.29 is 0 Å². The van der Waals surface area contributed by atoms with Gasteiger partial charge in [0.15, 0.2) is 0 Å². The zero-order chi connectivity index (χ0) is 12.5. The molecule has 1 saturated heterocycles. The van der Waals surface area contributed by atoms with Crippen LogP contribution in [0, 0.1) is 0 Å². The van der Waals surface area contributed by atoms with Crippen molar-refractivity contribution in [3.8, 4) is 0 Å². The van der Waals surface area contributed by atoms with Gasteiger partial charge in [-0.1, -0.05) is 29.8 Å². The van der Waals surface area contributed by atoms with Crippen LogP contribution >= 0.6 is 11.6 Å². The zero-order valence-electron chi connectivity index (χ0n) is 10.6. The smallest absolute Gasteiger partial charge is 0.0490 e. The molecular weight excluding hydrogens is 232 g/mol. The maximum atomic E-state index is 6.29. The normalized spacial score (nSPS) is 21.6. The van der Waals surface area contributed by atoms with Gasteiger partial charge in [0, 0.05) is 23.1 Å². The van der Waals surface area contributed by atoms with Gasteiger partial charge in [0.1, 0.15) is 0 Å². The first-order chi connectivity index (χ1) is 8.06. The Hall–Kier alpha value is -0.570. The number of nitrogens with zero attached hydrogens (tertiary/aromatic N) is 1. The second-order valence-electron chi connectivity index (χ2n) is 5.38. The van der Waals surface area contributed by atoms with Crippen LogP contribution in [-0.4, -0.2) is 23.5 Å². The Labute approximate surface area is 109 Å². The molecule has 1 aromatic rings. The van der Waals surface area contributed by atoms with Gasteiger partial charge in [-0.3, -0.25) is 4.90 Å². The monoisotopic (exact) mass is 252 g/mol. The average Bonchev–Trinajstić information content (AvgIpc) is 2.63. The van der Waals surface area contributed by atoms with Gasteiger partial charge in [0.2, 0.25) is 0 Å². The van der Waals surface area contributed by atoms with Gasteiger partial charge in [-0.25, -0.2) is 0 Å². The molecule has 0 radical (unpaired) electrons. The van der Waals surface area contributed by atoms with Gasteiger partial charge in [0.25, 0.3) is 0 Å². The van der Waals surface area contributed by atoms with Crippen LogP contribution in [0.5, 0.6) is 0 Å². The Balaban J connectivity index is 2.31. The maximum Gasteiger partial charge on any atom is 0.0490 e. The van der Waals surface area contributed by atoms with E-state index in [2.05, 4.69) is 24.8 Å². The molecule has 1 aliphatic rings. The first-order valence-electron chi connectivity index (χ1n) is 6.27. The lowest BCUT2D eigenvalue weighted by atomic mass is 9.97. The summed E-state index contributed by atoms with van der Waals surface area (Å²) >= 11 is 6.29. The highest BCUT2D eigenvalue weighted by atomic mass is 35.5. The number of hydrogen-bond donors (Lipinski definition) is 1. The molecule has 1 atom stereocenters. The summed E-state index contributed by atoms with van der Waals surface area (Å²) in [6, 6.07) is 8.28. The standard InChI is InChI=1S/C14H21ClN2/c1-14(2)8-5-9-17(14)13(10-16)11-6-3-4-7-12(11)15/h3-4,6-7,13H,5,8-10,16H2,1-2H3. The molecular formula is C14H21ClN2. The average molecular weight is 253 g/mol. The summed E-state index contributed by atoms with van der Waals surface area (Å²) in [5.74, 6) is 0. The molecule has 0 bridgehead atoms. The van der Waals surface area contributed by atoms with E-state index in [1.54, 1.807) is 0 Å². The van der Waals surface area contributed by atoms with Gasteiger partial charge in [-0.2, -0.15) is 0 Å². The predicted octanol–water partition coefficient (Wildman–Crippen LogP) is 3.21. The van der Waals surface area contributed by atoms with Crippen molar-refractivity contribution >= 4 is 11.6 Å². The number of halogens is 1. The molecule has 1 heterocycles. The van der Waals surface area contributed by atoms with Gasteiger partial charge >= 0.3 is 0 Å². The van der Waals surface area contributed by atoms with E-state index in [1.165, 1.54) is 12.8 Å². The predicted molar refractivity (Wildman–Crippen MR) is 73.3 cm³/mol. The second kappa shape index (κ2) is 4.97. The Morgan fingerprint density at radius 3 is 2.65 bits per heavy atom. The van der Waals surface area contributed by atoms with Crippen LogP contribution in [0.3, 0.4) is 0 Å². The molecule has 2 N–H and O–H groups in total. The third-order valence-electron chi connectivity index (χ3n) is 3.83. The minimum Gasteiger partial charge on any atom is -0.329 e. The van der Waals surface area contributed by atoms with Crippen molar-refractivity contribution in [3.05, 3.63) is 34.9 Å². The maximum absolute atomic E-state index is 6.29. The fraction of sp³-hybridized carbons (Fsp3) is 0.571. The van der Waals surface area contributed by atoms with Crippen molar-refractivity contribution in [2.75, 3.05) is 13.1 Å². The Morgan fingerprint density at radius 2 is 2.12 bits per heavy atom. The minimum atomic E-state index is 0.225. The second-order valence-corrected chi connectivity index (χ2v) is 5.79. The van der Waals surface area contributed by atoms with E-state index in [9.17, 15) is 0 Å². The first kappa shape index (κ1) is 12.9. The van der Waals surface area contributed by atoms with E-state index >= 15 is 0 Å². The van der Waals surface area contributed by atoms with Crippen molar-refractivity contribution in [2.24, 2.45) is 5.73 Å². The highest BCUT2D eigenvalue weighted by Crippen LogP contribution is 2.37. The van der Waals surface area contributed by atoms with Crippen LogP contribution in [0.1, 0.15) is 38.3 Å². The van der Waals surface area contributed by atoms with E-state index in [-0.39, 0.29) is 11.6 Å². The first-order valence-corrected chi connectivity index (χ1v) is 6.65. The van der Waals surface area contributed by atoms with Gasteiger partial charge in [-0.05, 0) is 44.9 Å². The fourth-order valence-electron chi connectivity index (χ4n) is 2.87. The van der Waals surface area contributed by atoms with Crippen LogP contribution in [0.2, 0.25) is 5.02 Å². The molecule has 1 aliphatic heterocycles. The Bertz CT molecular complexity index is 390. The lowest BCUT2D eigenvalue weighted by Crippen LogP contribution is -2.43. The molecule has 17 heavy (non-hydrogen) atoms. The van der Waals surface area contributed by atoms with Crippen molar-refractivity contribution in [2.45, 2.75) is 38.3 Å². The van der Waals surface area contributed by atoms with Crippen molar-refractivity contribution in [1.82, 2.24) is 4.90 Å². The summed E-state index contributed by atoms with van der Waals surface area (Å²) in [6.07, 6.45) is 2.47. The number of benzene rings is 1. The number of rotatable bonds is 3. The van der Waals surface area contributed by atoms with Crippen LogP contribution < -0.4 is 5.73 Å². The summed E-state index contributed by atoms with van der Waals surface area (Å²) in [7, 11) is 0. The van der Waals surface area contributed by atoms with E-state index in [0.29, 0.717) is 6.54 Å². The molecule has 1 aromatic carbocycles. The summed E-state index contributed by atoms with van der Waals surface area (Å²) in [5.41, 5.74) is 7.36. The number of hydrogen-bond acceptors (Lipinski definition) is 2. The Kier molecular flexibility index (Phi) is 3.76. The fourth-order valence-corrected chi connectivity index (χ4v) is 3.14. The Morgan fingerprint density at radius 1 is 1.41 bits per heavy atom. The quantitative estimate of drug-likeness (QED) is 0.895. The molecule has 94 valence electrons. The van der Waals surface area contributed by atoms with E-state index in [0.717, 1.165) is 17.1 Å². The highest BCUT2D eigenvalue weighted by Gasteiger charge is 2.37. The minimum absolute atomic E-state index is 0.225. The molecule has 0 aromatic heterocycles. The van der Waals surface area contributed by atoms with Crippen LogP contribution in [0.15, 0.2) is 24.3 Å². The molecule has 0 amide bonds. The molecule has 0 spiro atoms. The van der Waals surface area contributed by atoms with E-state index < -0.39 is 0 Å². The summed E-state index contributed by atoms with van der Waals surface area (Å²) in [5, 5.41) is 0.825. The van der Waals surface area contributed by atoms with Gasteiger partial charge in [0.05, 0.1) is 0 Å². The summed E-state index contributed by atoms with van der Waals surface area (Å²) in [6.45, 7) is 6.31. The molecule has 1 fully saturated rings. The molecule has 0 aliphatic carbocycles. The van der Waals surface area contributed by atoms with Gasteiger partial charge in [-0.15, -0.1) is 0 Å². The zero-order valence-corrected chi connectivity index (χ0v) is 11.4. The molecule has 2 rings (SSSR count). The van der Waals surface area contributed by atoms with Crippen LogP contribution in [-0.2, 0) is 0 Å². The molecule has 1 unspecified atom stereocenters. The van der Waals surface area contributed by atoms with Crippen molar-refractivity contribution in [1.29, 1.82) is 0 Å².